The van der Waals surface area contributed by atoms with E-state index in [0.717, 1.165) is 18.9 Å². The Morgan fingerprint density at radius 3 is 2.79 bits per heavy atom. The largest absolute Gasteiger partial charge is 0.371 e. The number of nitrogens with zero attached hydrogens (tertiary/aromatic N) is 6. The SMILES string of the molecule is CC1CN(c2cc(-c3cnc4ccc(C(F)F)nn34)ncn2)CC(C2CC2)O1. The summed E-state index contributed by atoms with van der Waals surface area (Å²) in [5.41, 5.74) is 1.35. The fraction of sp³-hybridized carbons (Fsp3) is 0.474. The quantitative estimate of drug-likeness (QED) is 0.686. The Kier molecular flexibility index (Phi) is 4.19. The van der Waals surface area contributed by atoms with Gasteiger partial charge in [0.2, 0.25) is 0 Å². The molecule has 3 aromatic heterocycles. The molecule has 0 radical (unpaired) electrons. The van der Waals surface area contributed by atoms with Crippen molar-refractivity contribution in [2.75, 3.05) is 18.0 Å². The minimum Gasteiger partial charge on any atom is -0.371 e. The number of fused-ring (bicyclic) bond motifs is 1. The Morgan fingerprint density at radius 2 is 2.00 bits per heavy atom. The van der Waals surface area contributed by atoms with Gasteiger partial charge in [-0.1, -0.05) is 0 Å². The minimum atomic E-state index is -2.64. The van der Waals surface area contributed by atoms with Crippen LogP contribution >= 0.6 is 0 Å². The van der Waals surface area contributed by atoms with E-state index in [9.17, 15) is 8.78 Å². The molecule has 9 heteroatoms. The molecule has 7 nitrogen and oxygen atoms in total. The summed E-state index contributed by atoms with van der Waals surface area (Å²) in [5, 5.41) is 4.02. The number of alkyl halides is 2. The van der Waals surface area contributed by atoms with Crippen molar-refractivity contribution in [2.45, 2.75) is 38.4 Å². The number of hydrogen-bond acceptors (Lipinski definition) is 6. The Balaban J connectivity index is 1.49. The molecule has 4 heterocycles. The number of anilines is 1. The van der Waals surface area contributed by atoms with Crippen molar-refractivity contribution in [3.8, 4) is 11.4 Å². The smallest absolute Gasteiger partial charge is 0.282 e. The van der Waals surface area contributed by atoms with Crippen molar-refractivity contribution in [2.24, 2.45) is 5.92 Å². The first-order chi connectivity index (χ1) is 13.6. The zero-order valence-electron chi connectivity index (χ0n) is 15.4. The lowest BCUT2D eigenvalue weighted by atomic mass is 10.1. The summed E-state index contributed by atoms with van der Waals surface area (Å²) < 4.78 is 33.6. The first-order valence-electron chi connectivity index (χ1n) is 9.44. The van der Waals surface area contributed by atoms with Crippen molar-refractivity contribution in [3.63, 3.8) is 0 Å². The average Bonchev–Trinajstić information content (AvgIpc) is 3.46. The van der Waals surface area contributed by atoms with Gasteiger partial charge in [-0.15, -0.1) is 0 Å². The fourth-order valence-corrected chi connectivity index (χ4v) is 3.74. The van der Waals surface area contributed by atoms with Crippen LogP contribution in [0, 0.1) is 5.92 Å². The Morgan fingerprint density at radius 1 is 1.14 bits per heavy atom. The third-order valence-electron chi connectivity index (χ3n) is 5.28. The van der Waals surface area contributed by atoms with Gasteiger partial charge in [0.25, 0.3) is 6.43 Å². The number of aromatic nitrogens is 5. The van der Waals surface area contributed by atoms with Gasteiger partial charge in [-0.2, -0.15) is 5.10 Å². The van der Waals surface area contributed by atoms with E-state index >= 15 is 0 Å². The van der Waals surface area contributed by atoms with Crippen LogP contribution in [-0.4, -0.2) is 49.9 Å². The second-order valence-electron chi connectivity index (χ2n) is 7.46. The molecule has 1 saturated heterocycles. The highest BCUT2D eigenvalue weighted by atomic mass is 19.3. The Bertz CT molecular complexity index is 1010. The van der Waals surface area contributed by atoms with Gasteiger partial charge >= 0.3 is 0 Å². The van der Waals surface area contributed by atoms with Crippen molar-refractivity contribution in [1.29, 1.82) is 0 Å². The van der Waals surface area contributed by atoms with Gasteiger partial charge in [-0.3, -0.25) is 0 Å². The number of rotatable bonds is 4. The third-order valence-corrected chi connectivity index (χ3v) is 5.28. The third kappa shape index (κ3) is 3.19. The zero-order chi connectivity index (χ0) is 19.3. The van der Waals surface area contributed by atoms with E-state index < -0.39 is 6.43 Å². The van der Waals surface area contributed by atoms with E-state index in [4.69, 9.17) is 4.74 Å². The number of morpholine rings is 1. The summed E-state index contributed by atoms with van der Waals surface area (Å²) in [6.45, 7) is 3.62. The lowest BCUT2D eigenvalue weighted by Gasteiger charge is -2.37. The maximum Gasteiger partial charge on any atom is 0.282 e. The van der Waals surface area contributed by atoms with Gasteiger partial charge in [-0.25, -0.2) is 28.2 Å². The normalized spacial score (nSPS) is 22.9. The van der Waals surface area contributed by atoms with Crippen molar-refractivity contribution < 1.29 is 13.5 Å². The highest BCUT2D eigenvalue weighted by molar-refractivity contribution is 5.62. The summed E-state index contributed by atoms with van der Waals surface area (Å²) in [7, 11) is 0. The van der Waals surface area contributed by atoms with E-state index in [0.29, 0.717) is 23.0 Å². The van der Waals surface area contributed by atoms with Crippen LogP contribution in [0.3, 0.4) is 0 Å². The molecule has 5 rings (SSSR count). The second-order valence-corrected chi connectivity index (χ2v) is 7.46. The maximum absolute atomic E-state index is 13.0. The summed E-state index contributed by atoms with van der Waals surface area (Å²) in [6.07, 6.45) is 3.25. The average molecular weight is 386 g/mol. The summed E-state index contributed by atoms with van der Waals surface area (Å²) >= 11 is 0. The molecule has 1 aliphatic carbocycles. The van der Waals surface area contributed by atoms with E-state index in [1.165, 1.54) is 35.8 Å². The van der Waals surface area contributed by atoms with Crippen LogP contribution in [0.5, 0.6) is 0 Å². The Hall–Kier alpha value is -2.68. The van der Waals surface area contributed by atoms with Crippen LogP contribution in [0.2, 0.25) is 0 Å². The molecule has 2 aliphatic rings. The van der Waals surface area contributed by atoms with Crippen LogP contribution in [0.4, 0.5) is 14.6 Å². The molecular formula is C19H20F2N6O. The van der Waals surface area contributed by atoms with E-state index in [1.807, 2.05) is 6.07 Å². The van der Waals surface area contributed by atoms with Gasteiger partial charge in [0.15, 0.2) is 5.65 Å². The molecular weight excluding hydrogens is 366 g/mol. The minimum absolute atomic E-state index is 0.129. The van der Waals surface area contributed by atoms with Gasteiger partial charge in [0, 0.05) is 19.2 Å². The molecule has 146 valence electrons. The highest BCUT2D eigenvalue weighted by Crippen LogP contribution is 2.37. The standard InChI is InChI=1S/C19H20F2N6O/c1-11-8-26(9-16(28-11)12-2-3-12)18-6-14(23-10-24-18)15-7-22-17-5-4-13(19(20)21)25-27(15)17/h4-7,10-12,16,19H,2-3,8-9H2,1H3. The van der Waals surface area contributed by atoms with Crippen LogP contribution in [0.25, 0.3) is 17.0 Å². The molecule has 0 N–H and O–H groups in total. The molecule has 0 aromatic carbocycles. The number of ether oxygens (including phenoxy) is 1. The fourth-order valence-electron chi connectivity index (χ4n) is 3.74. The summed E-state index contributed by atoms with van der Waals surface area (Å²) in [5.74, 6) is 1.44. The van der Waals surface area contributed by atoms with Gasteiger partial charge in [0.05, 0.1) is 24.1 Å². The molecule has 0 amide bonds. The molecule has 2 fully saturated rings. The molecule has 1 saturated carbocycles. The van der Waals surface area contributed by atoms with Gasteiger partial charge < -0.3 is 9.64 Å². The molecule has 28 heavy (non-hydrogen) atoms. The lowest BCUT2D eigenvalue weighted by Crippen LogP contribution is -2.47. The van der Waals surface area contributed by atoms with Crippen LogP contribution < -0.4 is 4.90 Å². The maximum atomic E-state index is 13.0. The van der Waals surface area contributed by atoms with Crippen molar-refractivity contribution in [1.82, 2.24) is 24.6 Å². The monoisotopic (exact) mass is 386 g/mol. The predicted molar refractivity (Wildman–Crippen MR) is 98.2 cm³/mol. The van der Waals surface area contributed by atoms with Gasteiger partial charge in [-0.05, 0) is 37.8 Å². The molecule has 0 spiro atoms. The molecule has 0 bridgehead atoms. The van der Waals surface area contributed by atoms with Crippen LogP contribution in [-0.2, 0) is 4.74 Å². The zero-order valence-corrected chi connectivity index (χ0v) is 15.4. The van der Waals surface area contributed by atoms with Gasteiger partial charge in [0.1, 0.15) is 23.5 Å². The number of hydrogen-bond donors (Lipinski definition) is 0. The first kappa shape index (κ1) is 17.4. The predicted octanol–water partition coefficient (Wildman–Crippen LogP) is 3.13. The van der Waals surface area contributed by atoms with E-state index in [1.54, 1.807) is 6.20 Å². The second kappa shape index (κ2) is 6.73. The summed E-state index contributed by atoms with van der Waals surface area (Å²) in [4.78, 5) is 15.2. The van der Waals surface area contributed by atoms with Crippen molar-refractivity contribution in [3.05, 3.63) is 36.4 Å². The van der Waals surface area contributed by atoms with Crippen LogP contribution in [0.1, 0.15) is 31.9 Å². The lowest BCUT2D eigenvalue weighted by molar-refractivity contribution is -0.0273. The Labute approximate surface area is 160 Å². The molecule has 2 unspecified atom stereocenters. The molecule has 2 atom stereocenters. The van der Waals surface area contributed by atoms with Crippen molar-refractivity contribution >= 4 is 11.5 Å². The number of imidazole rings is 1. The van der Waals surface area contributed by atoms with Crippen LogP contribution in [0.15, 0.2) is 30.7 Å². The summed E-state index contributed by atoms with van der Waals surface area (Å²) in [6, 6.07) is 4.68. The highest BCUT2D eigenvalue weighted by Gasteiger charge is 2.37. The molecule has 3 aromatic rings. The van der Waals surface area contributed by atoms with E-state index in [-0.39, 0.29) is 17.9 Å². The first-order valence-corrected chi connectivity index (χ1v) is 9.44. The molecule has 1 aliphatic heterocycles. The topological polar surface area (TPSA) is 68.4 Å². The van der Waals surface area contributed by atoms with E-state index in [2.05, 4.69) is 31.9 Å². The number of halogens is 2.